The molecule has 2 aliphatic rings. The largest absolute Gasteiger partial charge is 0.459 e. The normalized spacial score (nSPS) is 27.3. The topological polar surface area (TPSA) is 26.3 Å². The molecule has 0 aliphatic heterocycles. The van der Waals surface area contributed by atoms with E-state index >= 15 is 0 Å². The van der Waals surface area contributed by atoms with Crippen LogP contribution >= 0.6 is 0 Å². The Morgan fingerprint density at radius 3 is 2.38 bits per heavy atom. The standard InChI is InChI=1S/C22H30F2O2/c1-2-12-22(26-21(25)17-6-4-3-5-7-17)13-10-16(11-14-22)18-8-9-19(23)20(24)15-18/h8-9,15-17H,2-7,10-14H2,1H3. The molecule has 0 unspecified atom stereocenters. The van der Waals surface area contributed by atoms with Crippen molar-refractivity contribution in [3.05, 3.63) is 35.4 Å². The predicted molar refractivity (Wildman–Crippen MR) is 97.9 cm³/mol. The van der Waals surface area contributed by atoms with E-state index in [-0.39, 0.29) is 23.4 Å². The third-order valence-electron chi connectivity index (χ3n) is 6.27. The molecule has 0 saturated heterocycles. The quantitative estimate of drug-likeness (QED) is 0.574. The van der Waals surface area contributed by atoms with Crippen LogP contribution in [-0.2, 0) is 9.53 Å². The van der Waals surface area contributed by atoms with Crippen LogP contribution in [0.2, 0.25) is 0 Å². The lowest BCUT2D eigenvalue weighted by atomic mass is 9.74. The van der Waals surface area contributed by atoms with Gasteiger partial charge in [-0.2, -0.15) is 0 Å². The van der Waals surface area contributed by atoms with Crippen LogP contribution in [0.1, 0.15) is 89.0 Å². The zero-order chi connectivity index (χ0) is 18.6. The fraction of sp³-hybridized carbons (Fsp3) is 0.682. The molecule has 0 atom stereocenters. The summed E-state index contributed by atoms with van der Waals surface area (Å²) < 4.78 is 32.8. The smallest absolute Gasteiger partial charge is 0.309 e. The first-order valence-corrected chi connectivity index (χ1v) is 10.2. The van der Waals surface area contributed by atoms with Crippen molar-refractivity contribution in [1.29, 1.82) is 0 Å². The fourth-order valence-corrected chi connectivity index (χ4v) is 4.74. The van der Waals surface area contributed by atoms with E-state index in [0.29, 0.717) is 0 Å². The summed E-state index contributed by atoms with van der Waals surface area (Å²) >= 11 is 0. The van der Waals surface area contributed by atoms with Crippen molar-refractivity contribution in [2.45, 2.75) is 89.1 Å². The van der Waals surface area contributed by atoms with Crippen LogP contribution in [0.25, 0.3) is 0 Å². The van der Waals surface area contributed by atoms with Crippen LogP contribution in [0, 0.1) is 17.6 Å². The highest BCUT2D eigenvalue weighted by molar-refractivity contribution is 5.73. The number of carbonyl (C=O) groups is 1. The van der Waals surface area contributed by atoms with E-state index in [4.69, 9.17) is 4.74 Å². The highest BCUT2D eigenvalue weighted by Gasteiger charge is 2.40. The van der Waals surface area contributed by atoms with Gasteiger partial charge in [-0.3, -0.25) is 4.79 Å². The van der Waals surface area contributed by atoms with Crippen LogP contribution in [0.15, 0.2) is 18.2 Å². The Balaban J connectivity index is 1.64. The molecule has 26 heavy (non-hydrogen) atoms. The Bertz CT molecular complexity index is 615. The van der Waals surface area contributed by atoms with Crippen molar-refractivity contribution in [3.63, 3.8) is 0 Å². The number of halogens is 2. The number of hydrogen-bond donors (Lipinski definition) is 0. The highest BCUT2D eigenvalue weighted by Crippen LogP contribution is 2.43. The molecule has 2 aliphatic carbocycles. The van der Waals surface area contributed by atoms with Gasteiger partial charge in [-0.25, -0.2) is 8.78 Å². The van der Waals surface area contributed by atoms with E-state index in [9.17, 15) is 13.6 Å². The van der Waals surface area contributed by atoms with Crippen LogP contribution in [-0.4, -0.2) is 11.6 Å². The van der Waals surface area contributed by atoms with Crippen molar-refractivity contribution < 1.29 is 18.3 Å². The van der Waals surface area contributed by atoms with Crippen LogP contribution < -0.4 is 0 Å². The molecule has 0 amide bonds. The van der Waals surface area contributed by atoms with E-state index in [0.717, 1.165) is 69.8 Å². The lowest BCUT2D eigenvalue weighted by molar-refractivity contribution is -0.171. The van der Waals surface area contributed by atoms with Gasteiger partial charge in [0.05, 0.1) is 5.92 Å². The number of rotatable bonds is 5. The summed E-state index contributed by atoms with van der Waals surface area (Å²) in [6.07, 6.45) is 10.6. The summed E-state index contributed by atoms with van der Waals surface area (Å²) in [4.78, 5) is 12.7. The Morgan fingerprint density at radius 1 is 1.08 bits per heavy atom. The summed E-state index contributed by atoms with van der Waals surface area (Å²) in [5.41, 5.74) is 0.492. The van der Waals surface area contributed by atoms with Gasteiger partial charge in [0.1, 0.15) is 5.60 Å². The van der Waals surface area contributed by atoms with E-state index in [1.165, 1.54) is 18.6 Å². The Labute approximate surface area is 155 Å². The molecule has 2 fully saturated rings. The van der Waals surface area contributed by atoms with Crippen LogP contribution in [0.3, 0.4) is 0 Å². The molecule has 0 spiro atoms. The second kappa shape index (κ2) is 8.49. The van der Waals surface area contributed by atoms with E-state index in [2.05, 4.69) is 6.92 Å². The second-order valence-electron chi connectivity index (χ2n) is 8.14. The Kier molecular flexibility index (Phi) is 6.31. The molecule has 0 bridgehead atoms. The molecule has 144 valence electrons. The minimum atomic E-state index is -0.800. The zero-order valence-electron chi connectivity index (χ0n) is 15.7. The van der Waals surface area contributed by atoms with Crippen molar-refractivity contribution in [3.8, 4) is 0 Å². The molecule has 3 rings (SSSR count). The van der Waals surface area contributed by atoms with Crippen molar-refractivity contribution >= 4 is 5.97 Å². The van der Waals surface area contributed by atoms with Crippen LogP contribution in [0.4, 0.5) is 8.78 Å². The third-order valence-corrected chi connectivity index (χ3v) is 6.27. The van der Waals surface area contributed by atoms with Gasteiger partial charge in [-0.15, -0.1) is 0 Å². The van der Waals surface area contributed by atoms with Gasteiger partial charge in [-0.1, -0.05) is 38.7 Å². The van der Waals surface area contributed by atoms with Gasteiger partial charge in [0, 0.05) is 0 Å². The lowest BCUT2D eigenvalue weighted by Crippen LogP contribution is -2.40. The molecular formula is C22H30F2O2. The molecule has 1 aromatic carbocycles. The number of benzene rings is 1. The summed E-state index contributed by atoms with van der Waals surface area (Å²) in [7, 11) is 0. The second-order valence-corrected chi connectivity index (χ2v) is 8.14. The molecule has 2 saturated carbocycles. The predicted octanol–water partition coefficient (Wildman–Crippen LogP) is 6.28. The maximum absolute atomic E-state index is 13.5. The Hall–Kier alpha value is -1.45. The average molecular weight is 364 g/mol. The third kappa shape index (κ3) is 4.44. The number of hydrogen-bond acceptors (Lipinski definition) is 2. The van der Waals surface area contributed by atoms with Gasteiger partial charge >= 0.3 is 5.97 Å². The van der Waals surface area contributed by atoms with E-state index in [1.54, 1.807) is 6.07 Å². The average Bonchev–Trinajstić information content (AvgIpc) is 2.65. The fourth-order valence-electron chi connectivity index (χ4n) is 4.74. The highest BCUT2D eigenvalue weighted by atomic mass is 19.2. The molecule has 0 N–H and O–H groups in total. The molecule has 0 heterocycles. The van der Waals surface area contributed by atoms with Gasteiger partial charge in [-0.05, 0) is 68.6 Å². The Morgan fingerprint density at radius 2 is 1.77 bits per heavy atom. The summed E-state index contributed by atoms with van der Waals surface area (Å²) in [5, 5.41) is 0. The maximum Gasteiger partial charge on any atom is 0.309 e. The molecule has 1 aromatic rings. The molecular weight excluding hydrogens is 334 g/mol. The lowest BCUT2D eigenvalue weighted by Gasteiger charge is -2.41. The van der Waals surface area contributed by atoms with E-state index in [1.807, 2.05) is 0 Å². The molecule has 0 aromatic heterocycles. The number of esters is 1. The monoisotopic (exact) mass is 364 g/mol. The summed E-state index contributed by atoms with van der Waals surface area (Å²) in [6.45, 7) is 2.12. The van der Waals surface area contributed by atoms with Gasteiger partial charge in [0.2, 0.25) is 0 Å². The van der Waals surface area contributed by atoms with E-state index < -0.39 is 11.6 Å². The SMILES string of the molecule is CCCC1(OC(=O)C2CCCCC2)CCC(c2ccc(F)c(F)c2)CC1. The molecule has 2 nitrogen and oxygen atoms in total. The van der Waals surface area contributed by atoms with Crippen molar-refractivity contribution in [2.75, 3.05) is 0 Å². The van der Waals surface area contributed by atoms with Gasteiger partial charge in [0.15, 0.2) is 11.6 Å². The minimum absolute atomic E-state index is 0.00979. The maximum atomic E-state index is 13.5. The van der Waals surface area contributed by atoms with Gasteiger partial charge < -0.3 is 4.74 Å². The summed E-state index contributed by atoms with van der Waals surface area (Å²) in [5.74, 6) is -1.31. The zero-order valence-corrected chi connectivity index (χ0v) is 15.7. The number of carbonyl (C=O) groups excluding carboxylic acids is 1. The van der Waals surface area contributed by atoms with Crippen LogP contribution in [0.5, 0.6) is 0 Å². The molecule has 0 radical (unpaired) electrons. The van der Waals surface area contributed by atoms with Crippen molar-refractivity contribution in [2.24, 2.45) is 5.92 Å². The van der Waals surface area contributed by atoms with Gasteiger partial charge in [0.25, 0.3) is 0 Å². The van der Waals surface area contributed by atoms with Crippen molar-refractivity contribution in [1.82, 2.24) is 0 Å². The first-order chi connectivity index (χ1) is 12.5. The summed E-state index contributed by atoms with van der Waals surface area (Å²) in [6, 6.07) is 4.21. The first kappa shape index (κ1) is 19.3. The molecule has 4 heteroatoms. The minimum Gasteiger partial charge on any atom is -0.459 e. The first-order valence-electron chi connectivity index (χ1n) is 10.2. The number of ether oxygens (including phenoxy) is 1.